The van der Waals surface area contributed by atoms with Crippen LogP contribution in [-0.4, -0.2) is 38.4 Å². The fourth-order valence-electron chi connectivity index (χ4n) is 5.29. The lowest BCUT2D eigenvalue weighted by Gasteiger charge is -2.36. The molecule has 0 bridgehead atoms. The van der Waals surface area contributed by atoms with Gasteiger partial charge in [0.15, 0.2) is 0 Å². The molecule has 8 heteroatoms. The number of hydrogen-bond donors (Lipinski definition) is 1. The van der Waals surface area contributed by atoms with Crippen molar-refractivity contribution < 1.29 is 18.3 Å². The molecule has 2 N–H and O–H groups in total. The van der Waals surface area contributed by atoms with E-state index in [4.69, 9.17) is 26.3 Å². The van der Waals surface area contributed by atoms with Crippen molar-refractivity contribution in [3.8, 4) is 24.0 Å². The van der Waals surface area contributed by atoms with Crippen molar-refractivity contribution >= 4 is 19.9 Å². The standard InChI is InChI=1S/C36H46FN3O3Si/c1-11-18-42-31-17-14-26(23(2)24(31)3)20-29(38)34(41)40-22-36(7,8)32-30(40)21-27(19-25-12-15-28(37)16-13-25)33(39-32)43-44(9,10)35(4,5)6/h1,12-17,21,29H,18-20,22,38H2,2-10H3/t29-/m0/s1. The molecule has 0 fully saturated rings. The highest BCUT2D eigenvalue weighted by atomic mass is 28.4. The predicted octanol–water partition coefficient (Wildman–Crippen LogP) is 7.02. The van der Waals surface area contributed by atoms with Crippen LogP contribution in [0.5, 0.6) is 11.6 Å². The number of benzene rings is 2. The van der Waals surface area contributed by atoms with Crippen LogP contribution in [0.15, 0.2) is 42.5 Å². The minimum absolute atomic E-state index is 0.0345. The van der Waals surface area contributed by atoms with Gasteiger partial charge in [0.1, 0.15) is 18.2 Å². The number of carbonyl (C=O) groups excluding carboxylic acids is 1. The molecule has 1 aliphatic heterocycles. The second kappa shape index (κ2) is 12.4. The van der Waals surface area contributed by atoms with Crippen LogP contribution in [0.3, 0.4) is 0 Å². The molecule has 0 radical (unpaired) electrons. The highest BCUT2D eigenvalue weighted by Crippen LogP contribution is 2.44. The van der Waals surface area contributed by atoms with Crippen molar-refractivity contribution in [3.63, 3.8) is 0 Å². The number of anilines is 1. The Kier molecular flexibility index (Phi) is 9.34. The summed E-state index contributed by atoms with van der Waals surface area (Å²) in [5.74, 6) is 3.37. The maximum Gasteiger partial charge on any atom is 0.252 e. The zero-order valence-electron chi connectivity index (χ0n) is 27.6. The Bertz CT molecular complexity index is 1590. The summed E-state index contributed by atoms with van der Waals surface area (Å²) in [6.07, 6.45) is 6.23. The van der Waals surface area contributed by atoms with E-state index < -0.39 is 19.8 Å². The molecular formula is C36H46FN3O3Si. The predicted molar refractivity (Wildman–Crippen MR) is 179 cm³/mol. The summed E-state index contributed by atoms with van der Waals surface area (Å²) in [5.41, 5.74) is 12.6. The molecule has 2 heterocycles. The lowest BCUT2D eigenvalue weighted by atomic mass is 9.90. The number of amides is 1. The number of pyridine rings is 1. The Hall–Kier alpha value is -3.67. The molecular weight excluding hydrogens is 569 g/mol. The first-order chi connectivity index (χ1) is 20.4. The number of nitrogens with zero attached hydrogens (tertiary/aromatic N) is 2. The van der Waals surface area contributed by atoms with Gasteiger partial charge in [-0.25, -0.2) is 9.37 Å². The maximum atomic E-state index is 14.0. The van der Waals surface area contributed by atoms with Gasteiger partial charge in [-0.1, -0.05) is 58.7 Å². The topological polar surface area (TPSA) is 77.7 Å². The average molecular weight is 616 g/mol. The monoisotopic (exact) mass is 615 g/mol. The number of carbonyl (C=O) groups is 1. The highest BCUT2D eigenvalue weighted by Gasteiger charge is 2.44. The van der Waals surface area contributed by atoms with E-state index in [1.165, 1.54) is 12.1 Å². The average Bonchev–Trinajstić information content (AvgIpc) is 3.20. The molecule has 234 valence electrons. The van der Waals surface area contributed by atoms with Crippen LogP contribution >= 0.6 is 0 Å². The van der Waals surface area contributed by atoms with Crippen LogP contribution in [0.25, 0.3) is 0 Å². The molecule has 0 saturated heterocycles. The molecule has 1 amide bonds. The molecule has 6 nitrogen and oxygen atoms in total. The molecule has 3 aromatic rings. The first-order valence-electron chi connectivity index (χ1n) is 15.2. The molecule has 44 heavy (non-hydrogen) atoms. The van der Waals surface area contributed by atoms with Crippen LogP contribution in [0.4, 0.5) is 10.1 Å². The quantitative estimate of drug-likeness (QED) is 0.207. The third kappa shape index (κ3) is 6.84. The lowest BCUT2D eigenvalue weighted by molar-refractivity contribution is -0.119. The second-order valence-corrected chi connectivity index (χ2v) is 18.8. The summed E-state index contributed by atoms with van der Waals surface area (Å²) < 4.78 is 26.2. The second-order valence-electron chi connectivity index (χ2n) is 14.1. The fourth-order valence-corrected chi connectivity index (χ4v) is 6.25. The van der Waals surface area contributed by atoms with E-state index in [1.54, 1.807) is 17.0 Å². The largest absolute Gasteiger partial charge is 0.530 e. The van der Waals surface area contributed by atoms with Crippen LogP contribution < -0.4 is 19.8 Å². The zero-order chi connectivity index (χ0) is 32.6. The fraction of sp³-hybridized carbons (Fsp3) is 0.444. The van der Waals surface area contributed by atoms with Crippen LogP contribution in [-0.2, 0) is 23.1 Å². The van der Waals surface area contributed by atoms with E-state index in [-0.39, 0.29) is 23.4 Å². The summed E-state index contributed by atoms with van der Waals surface area (Å²) in [6.45, 7) is 19.8. The van der Waals surface area contributed by atoms with Gasteiger partial charge in [0.2, 0.25) is 11.8 Å². The Morgan fingerprint density at radius 1 is 1.14 bits per heavy atom. The summed E-state index contributed by atoms with van der Waals surface area (Å²) in [7, 11) is -2.25. The molecule has 4 rings (SSSR count). The molecule has 2 aromatic carbocycles. The summed E-state index contributed by atoms with van der Waals surface area (Å²) >= 11 is 0. The van der Waals surface area contributed by atoms with Crippen LogP contribution in [0.1, 0.15) is 68.1 Å². The highest BCUT2D eigenvalue weighted by molar-refractivity contribution is 6.74. The van der Waals surface area contributed by atoms with Crippen molar-refractivity contribution in [1.29, 1.82) is 0 Å². The Morgan fingerprint density at radius 2 is 1.80 bits per heavy atom. The van der Waals surface area contributed by atoms with Gasteiger partial charge in [-0.3, -0.25) is 4.79 Å². The number of fused-ring (bicyclic) bond motifs is 1. The van der Waals surface area contributed by atoms with E-state index in [9.17, 15) is 9.18 Å². The summed E-state index contributed by atoms with van der Waals surface area (Å²) in [6, 6.07) is 11.6. The number of hydrogen-bond acceptors (Lipinski definition) is 5. The smallest absolute Gasteiger partial charge is 0.252 e. The third-order valence-corrected chi connectivity index (χ3v) is 13.5. The van der Waals surface area contributed by atoms with Crippen molar-refractivity contribution in [2.45, 2.75) is 90.9 Å². The number of aromatic nitrogens is 1. The Balaban J connectivity index is 1.70. The van der Waals surface area contributed by atoms with E-state index in [1.807, 2.05) is 32.0 Å². The van der Waals surface area contributed by atoms with E-state index >= 15 is 0 Å². The molecule has 0 aliphatic carbocycles. The first kappa shape index (κ1) is 33.2. The van der Waals surface area contributed by atoms with Crippen LogP contribution in [0, 0.1) is 32.0 Å². The Labute approximate surface area is 263 Å². The number of ether oxygens (including phenoxy) is 1. The van der Waals surface area contributed by atoms with Gasteiger partial charge in [-0.2, -0.15) is 0 Å². The minimum Gasteiger partial charge on any atom is -0.530 e. The molecule has 1 aliphatic rings. The number of nitrogens with two attached hydrogens (primary N) is 1. The normalized spacial score (nSPS) is 15.0. The third-order valence-electron chi connectivity index (χ3n) is 9.18. The molecule has 0 saturated carbocycles. The number of rotatable bonds is 9. The number of halogens is 1. The van der Waals surface area contributed by atoms with E-state index in [0.717, 1.165) is 44.9 Å². The maximum absolute atomic E-state index is 14.0. The van der Waals surface area contributed by atoms with Crippen molar-refractivity contribution in [2.24, 2.45) is 5.73 Å². The van der Waals surface area contributed by atoms with Gasteiger partial charge in [0, 0.05) is 23.9 Å². The first-order valence-corrected chi connectivity index (χ1v) is 18.1. The SMILES string of the molecule is C#CCOc1ccc(C[C@H](N)C(=O)N2CC(C)(C)c3nc(O[Si](C)(C)C(C)(C)C)c(Cc4ccc(F)cc4)cc32)c(C)c1C. The summed E-state index contributed by atoms with van der Waals surface area (Å²) in [4.78, 5) is 20.9. The number of terminal acetylenes is 1. The van der Waals surface area contributed by atoms with Gasteiger partial charge in [0.05, 0.1) is 17.4 Å². The van der Waals surface area contributed by atoms with Crippen LogP contribution in [0.2, 0.25) is 18.1 Å². The lowest BCUT2D eigenvalue weighted by Crippen LogP contribution is -2.46. The van der Waals surface area contributed by atoms with Crippen molar-refractivity contribution in [2.75, 3.05) is 18.1 Å². The molecule has 1 atom stereocenters. The van der Waals surface area contributed by atoms with Crippen molar-refractivity contribution in [3.05, 3.63) is 81.8 Å². The Morgan fingerprint density at radius 3 is 2.41 bits per heavy atom. The molecule has 0 unspecified atom stereocenters. The van der Waals surface area contributed by atoms with Gasteiger partial charge < -0.3 is 19.8 Å². The van der Waals surface area contributed by atoms with Gasteiger partial charge >= 0.3 is 0 Å². The van der Waals surface area contributed by atoms with E-state index in [2.05, 4.69) is 53.6 Å². The molecule has 0 spiro atoms. The minimum atomic E-state index is -2.25. The molecule has 1 aromatic heterocycles. The van der Waals surface area contributed by atoms with E-state index in [0.29, 0.717) is 25.3 Å². The summed E-state index contributed by atoms with van der Waals surface area (Å²) in [5, 5.41) is -0.0345. The van der Waals surface area contributed by atoms with Gasteiger partial charge in [-0.15, -0.1) is 6.42 Å². The van der Waals surface area contributed by atoms with Gasteiger partial charge in [-0.05, 0) is 84.9 Å². The zero-order valence-corrected chi connectivity index (χ0v) is 28.6. The van der Waals surface area contributed by atoms with Gasteiger partial charge in [0.25, 0.3) is 8.32 Å². The van der Waals surface area contributed by atoms with Crippen molar-refractivity contribution in [1.82, 2.24) is 4.98 Å².